The molecule has 0 aromatic carbocycles. The number of aryl methyl sites for hydroxylation is 1. The molecule has 2 heterocycles. The van der Waals surface area contributed by atoms with Crippen LogP contribution in [-0.2, 0) is 6.54 Å². The second kappa shape index (κ2) is 5.82. The van der Waals surface area contributed by atoms with Gasteiger partial charge in [0.15, 0.2) is 0 Å². The molecule has 2 aromatic rings. The minimum Gasteiger partial charge on any atom is -0.385 e. The molecule has 0 spiro atoms. The molecule has 0 aliphatic carbocycles. The molecule has 0 bridgehead atoms. The summed E-state index contributed by atoms with van der Waals surface area (Å²) in [5.74, 6) is 0. The van der Waals surface area contributed by atoms with Crippen molar-refractivity contribution >= 4 is 17.0 Å². The van der Waals surface area contributed by atoms with E-state index in [4.69, 9.17) is 0 Å². The Morgan fingerprint density at radius 2 is 2.33 bits per heavy atom. The topological polar surface area (TPSA) is 46.9 Å². The van der Waals surface area contributed by atoms with Gasteiger partial charge in [-0.05, 0) is 25.5 Å². The number of nitrogens with zero attached hydrogens (tertiary/aromatic N) is 2. The number of anilines is 1. The summed E-state index contributed by atoms with van der Waals surface area (Å²) in [5.41, 5.74) is 2.95. The zero-order valence-corrected chi connectivity index (χ0v) is 11.5. The molecule has 5 heteroatoms. The normalized spacial score (nSPS) is 10.6. The molecule has 18 heavy (non-hydrogen) atoms. The van der Waals surface area contributed by atoms with Gasteiger partial charge in [-0.1, -0.05) is 18.3 Å². The second-order valence-corrected chi connectivity index (χ2v) is 5.01. The molecule has 0 fully saturated rings. The van der Waals surface area contributed by atoms with Crippen LogP contribution in [0.2, 0.25) is 0 Å². The van der Waals surface area contributed by atoms with Gasteiger partial charge in [-0.3, -0.25) is 14.3 Å². The Bertz CT molecular complexity index is 574. The molecule has 4 nitrogen and oxygen atoms in total. The van der Waals surface area contributed by atoms with Crippen molar-refractivity contribution < 1.29 is 0 Å². The highest BCUT2D eigenvalue weighted by Crippen LogP contribution is 2.10. The lowest BCUT2D eigenvalue weighted by Gasteiger charge is -2.07. The van der Waals surface area contributed by atoms with Gasteiger partial charge >= 0.3 is 4.87 Å². The predicted molar refractivity (Wildman–Crippen MR) is 75.4 cm³/mol. The standard InChI is InChI=1S/C13H17N3OS/c1-3-5-14-11-4-6-15-12(7-11)8-16-10(2)9-18-13(16)17/h4,6-7,9H,3,5,8H2,1-2H3,(H,14,15). The van der Waals surface area contributed by atoms with E-state index in [1.807, 2.05) is 24.4 Å². The summed E-state index contributed by atoms with van der Waals surface area (Å²) in [5, 5.41) is 5.20. The molecule has 2 aromatic heterocycles. The first-order valence-corrected chi connectivity index (χ1v) is 6.92. The van der Waals surface area contributed by atoms with Crippen molar-refractivity contribution in [3.63, 3.8) is 0 Å². The highest BCUT2D eigenvalue weighted by Gasteiger charge is 2.04. The SMILES string of the molecule is CCCNc1ccnc(Cn2c(C)csc2=O)c1. The van der Waals surface area contributed by atoms with Crippen LogP contribution in [0.3, 0.4) is 0 Å². The number of rotatable bonds is 5. The van der Waals surface area contributed by atoms with Crippen LogP contribution in [0.1, 0.15) is 24.7 Å². The maximum Gasteiger partial charge on any atom is 0.307 e. The zero-order valence-electron chi connectivity index (χ0n) is 10.6. The molecule has 2 rings (SSSR count). The summed E-state index contributed by atoms with van der Waals surface area (Å²) in [6, 6.07) is 3.95. The Hall–Kier alpha value is -1.62. The van der Waals surface area contributed by atoms with Crippen molar-refractivity contribution in [2.75, 3.05) is 11.9 Å². The fourth-order valence-electron chi connectivity index (χ4n) is 1.70. The Balaban J connectivity index is 2.17. The average molecular weight is 263 g/mol. The molecule has 0 atom stereocenters. The van der Waals surface area contributed by atoms with Gasteiger partial charge in [-0.15, -0.1) is 0 Å². The third-order valence-corrected chi connectivity index (χ3v) is 3.57. The molecule has 0 amide bonds. The van der Waals surface area contributed by atoms with Gasteiger partial charge in [0.05, 0.1) is 12.2 Å². The Morgan fingerprint density at radius 3 is 3.00 bits per heavy atom. The van der Waals surface area contributed by atoms with Crippen LogP contribution in [0, 0.1) is 6.92 Å². The zero-order chi connectivity index (χ0) is 13.0. The summed E-state index contributed by atoms with van der Waals surface area (Å²) in [7, 11) is 0. The summed E-state index contributed by atoms with van der Waals surface area (Å²) in [4.78, 5) is 16.0. The van der Waals surface area contributed by atoms with Gasteiger partial charge in [0.1, 0.15) is 0 Å². The predicted octanol–water partition coefficient (Wildman–Crippen LogP) is 2.48. The number of hydrogen-bond acceptors (Lipinski definition) is 4. The molecule has 0 aliphatic heterocycles. The summed E-state index contributed by atoms with van der Waals surface area (Å²) < 4.78 is 1.75. The minimum absolute atomic E-state index is 0.0706. The van der Waals surface area contributed by atoms with Crippen LogP contribution in [0.25, 0.3) is 0 Å². The number of nitrogens with one attached hydrogen (secondary N) is 1. The van der Waals surface area contributed by atoms with E-state index >= 15 is 0 Å². The Kier molecular flexibility index (Phi) is 4.15. The fourth-order valence-corrected chi connectivity index (χ4v) is 2.44. The van der Waals surface area contributed by atoms with Gasteiger partial charge in [-0.2, -0.15) is 0 Å². The van der Waals surface area contributed by atoms with E-state index in [1.165, 1.54) is 11.3 Å². The molecule has 0 unspecified atom stereocenters. The number of pyridine rings is 1. The van der Waals surface area contributed by atoms with E-state index in [1.54, 1.807) is 10.8 Å². The van der Waals surface area contributed by atoms with Gasteiger partial charge in [-0.25, -0.2) is 0 Å². The van der Waals surface area contributed by atoms with E-state index in [9.17, 15) is 4.79 Å². The van der Waals surface area contributed by atoms with Gasteiger partial charge in [0.2, 0.25) is 0 Å². The van der Waals surface area contributed by atoms with Gasteiger partial charge < -0.3 is 5.32 Å². The molecular weight excluding hydrogens is 246 g/mol. The minimum atomic E-state index is 0.0706. The Morgan fingerprint density at radius 1 is 1.50 bits per heavy atom. The fraction of sp³-hybridized carbons (Fsp3) is 0.385. The summed E-state index contributed by atoms with van der Waals surface area (Å²) >= 11 is 1.23. The van der Waals surface area contributed by atoms with Gasteiger partial charge in [0, 0.05) is 29.5 Å². The quantitative estimate of drug-likeness (QED) is 0.901. The van der Waals surface area contributed by atoms with Crippen molar-refractivity contribution in [2.45, 2.75) is 26.8 Å². The molecule has 96 valence electrons. The van der Waals surface area contributed by atoms with Crippen molar-refractivity contribution in [3.8, 4) is 0 Å². The van der Waals surface area contributed by atoms with Crippen LogP contribution < -0.4 is 10.2 Å². The maximum absolute atomic E-state index is 11.6. The first-order chi connectivity index (χ1) is 8.70. The van der Waals surface area contributed by atoms with E-state index in [2.05, 4.69) is 17.2 Å². The Labute approximate surface area is 110 Å². The smallest absolute Gasteiger partial charge is 0.307 e. The van der Waals surface area contributed by atoms with E-state index in [0.29, 0.717) is 6.54 Å². The lowest BCUT2D eigenvalue weighted by atomic mass is 10.3. The molecule has 0 radical (unpaired) electrons. The number of aromatic nitrogens is 2. The van der Waals surface area contributed by atoms with Crippen LogP contribution in [0.15, 0.2) is 28.5 Å². The first-order valence-electron chi connectivity index (χ1n) is 6.04. The van der Waals surface area contributed by atoms with Crippen LogP contribution in [0.4, 0.5) is 5.69 Å². The number of thiazole rings is 1. The molecular formula is C13H17N3OS. The second-order valence-electron chi connectivity index (χ2n) is 4.19. The highest BCUT2D eigenvalue weighted by atomic mass is 32.1. The molecule has 0 saturated carbocycles. The summed E-state index contributed by atoms with van der Waals surface area (Å²) in [6.07, 6.45) is 2.86. The monoisotopic (exact) mass is 263 g/mol. The largest absolute Gasteiger partial charge is 0.385 e. The van der Waals surface area contributed by atoms with E-state index in [0.717, 1.165) is 30.0 Å². The summed E-state index contributed by atoms with van der Waals surface area (Å²) in [6.45, 7) is 5.55. The van der Waals surface area contributed by atoms with Crippen molar-refractivity contribution in [3.05, 3.63) is 44.8 Å². The molecule has 1 N–H and O–H groups in total. The lowest BCUT2D eigenvalue weighted by molar-refractivity contribution is 0.735. The van der Waals surface area contributed by atoms with Crippen molar-refractivity contribution in [2.24, 2.45) is 0 Å². The third kappa shape index (κ3) is 2.98. The first kappa shape index (κ1) is 12.8. The average Bonchev–Trinajstić information content (AvgIpc) is 2.69. The number of hydrogen-bond donors (Lipinski definition) is 1. The maximum atomic E-state index is 11.6. The molecule has 0 saturated heterocycles. The van der Waals surface area contributed by atoms with Crippen molar-refractivity contribution in [1.82, 2.24) is 9.55 Å². The lowest BCUT2D eigenvalue weighted by Crippen LogP contribution is -2.16. The van der Waals surface area contributed by atoms with E-state index in [-0.39, 0.29) is 4.87 Å². The van der Waals surface area contributed by atoms with E-state index < -0.39 is 0 Å². The van der Waals surface area contributed by atoms with Gasteiger partial charge in [0.25, 0.3) is 0 Å². The van der Waals surface area contributed by atoms with Crippen molar-refractivity contribution in [1.29, 1.82) is 0 Å². The highest BCUT2D eigenvalue weighted by molar-refractivity contribution is 7.07. The van der Waals surface area contributed by atoms with Crippen LogP contribution >= 0.6 is 11.3 Å². The third-order valence-electron chi connectivity index (χ3n) is 2.69. The molecule has 0 aliphatic rings. The van der Waals surface area contributed by atoms with Crippen LogP contribution in [0.5, 0.6) is 0 Å². The van der Waals surface area contributed by atoms with Crippen LogP contribution in [-0.4, -0.2) is 16.1 Å².